The quantitative estimate of drug-likeness (QED) is 0.642. The first-order valence-electron chi connectivity index (χ1n) is 5.51. The molecule has 15 heavy (non-hydrogen) atoms. The van der Waals surface area contributed by atoms with E-state index in [1.165, 1.54) is 7.11 Å². The van der Waals surface area contributed by atoms with E-state index in [0.29, 0.717) is 12.5 Å². The lowest BCUT2D eigenvalue weighted by Gasteiger charge is -2.20. The molecule has 0 radical (unpaired) electrons. The van der Waals surface area contributed by atoms with Crippen molar-refractivity contribution in [1.29, 1.82) is 0 Å². The summed E-state index contributed by atoms with van der Waals surface area (Å²) in [5.41, 5.74) is 0. The van der Waals surface area contributed by atoms with Gasteiger partial charge in [-0.3, -0.25) is 4.79 Å². The highest BCUT2D eigenvalue weighted by Crippen LogP contribution is 2.33. The van der Waals surface area contributed by atoms with Crippen LogP contribution in [0.1, 0.15) is 26.2 Å². The zero-order valence-corrected chi connectivity index (χ0v) is 9.79. The minimum absolute atomic E-state index is 0.123. The van der Waals surface area contributed by atoms with Crippen molar-refractivity contribution in [3.8, 4) is 0 Å². The lowest BCUT2D eigenvalue weighted by atomic mass is 10.1. The van der Waals surface area contributed by atoms with Crippen LogP contribution < -0.4 is 5.32 Å². The highest BCUT2D eigenvalue weighted by atomic mass is 16.5. The molecule has 0 aromatic heterocycles. The maximum absolute atomic E-state index is 11.5. The van der Waals surface area contributed by atoms with Crippen LogP contribution in [-0.4, -0.2) is 38.9 Å². The van der Waals surface area contributed by atoms with E-state index in [9.17, 15) is 4.79 Å². The molecular weight excluding hydrogens is 194 g/mol. The van der Waals surface area contributed by atoms with Gasteiger partial charge in [-0.1, -0.05) is 0 Å². The van der Waals surface area contributed by atoms with Gasteiger partial charge in [0.2, 0.25) is 0 Å². The Hall–Kier alpha value is -0.610. The van der Waals surface area contributed by atoms with Crippen molar-refractivity contribution in [1.82, 2.24) is 5.32 Å². The van der Waals surface area contributed by atoms with E-state index in [-0.39, 0.29) is 18.1 Å². The topological polar surface area (TPSA) is 47.6 Å². The SMILES string of the molecule is COCCC(C)NC(C(=O)OC)C1CC1. The minimum atomic E-state index is -0.137. The summed E-state index contributed by atoms with van der Waals surface area (Å²) in [7, 11) is 3.13. The maximum Gasteiger partial charge on any atom is 0.323 e. The van der Waals surface area contributed by atoms with E-state index in [1.807, 2.05) is 0 Å². The molecular formula is C11H21NO3. The van der Waals surface area contributed by atoms with Crippen LogP contribution in [0.5, 0.6) is 0 Å². The Morgan fingerprint density at radius 2 is 2.13 bits per heavy atom. The summed E-state index contributed by atoms with van der Waals surface area (Å²) < 4.78 is 9.79. The first kappa shape index (κ1) is 12.5. The van der Waals surface area contributed by atoms with Crippen LogP contribution in [0.25, 0.3) is 0 Å². The van der Waals surface area contributed by atoms with Gasteiger partial charge in [0, 0.05) is 19.8 Å². The minimum Gasteiger partial charge on any atom is -0.468 e. The van der Waals surface area contributed by atoms with Crippen molar-refractivity contribution in [3.63, 3.8) is 0 Å². The Morgan fingerprint density at radius 1 is 1.47 bits per heavy atom. The first-order valence-corrected chi connectivity index (χ1v) is 5.51. The fourth-order valence-corrected chi connectivity index (χ4v) is 1.64. The van der Waals surface area contributed by atoms with E-state index in [1.54, 1.807) is 7.11 Å². The van der Waals surface area contributed by atoms with E-state index in [2.05, 4.69) is 12.2 Å². The fourth-order valence-electron chi connectivity index (χ4n) is 1.64. The third-order valence-electron chi connectivity index (χ3n) is 2.77. The van der Waals surface area contributed by atoms with Crippen molar-refractivity contribution >= 4 is 5.97 Å². The third kappa shape index (κ3) is 4.18. The second kappa shape index (κ2) is 6.08. The van der Waals surface area contributed by atoms with Crippen molar-refractivity contribution in [2.75, 3.05) is 20.8 Å². The van der Waals surface area contributed by atoms with Gasteiger partial charge in [0.15, 0.2) is 0 Å². The van der Waals surface area contributed by atoms with Gasteiger partial charge in [0.05, 0.1) is 7.11 Å². The van der Waals surface area contributed by atoms with Crippen LogP contribution in [0, 0.1) is 5.92 Å². The van der Waals surface area contributed by atoms with E-state index >= 15 is 0 Å². The van der Waals surface area contributed by atoms with Crippen LogP contribution in [-0.2, 0) is 14.3 Å². The van der Waals surface area contributed by atoms with Crippen LogP contribution in [0.15, 0.2) is 0 Å². The predicted octanol–water partition coefficient (Wildman–Crippen LogP) is 0.953. The number of esters is 1. The molecule has 0 spiro atoms. The molecule has 88 valence electrons. The Kier molecular flexibility index (Phi) is 5.05. The molecule has 2 unspecified atom stereocenters. The van der Waals surface area contributed by atoms with Gasteiger partial charge in [-0.05, 0) is 32.1 Å². The Morgan fingerprint density at radius 3 is 2.60 bits per heavy atom. The van der Waals surface area contributed by atoms with Crippen LogP contribution >= 0.6 is 0 Å². The average molecular weight is 215 g/mol. The number of ether oxygens (including phenoxy) is 2. The first-order chi connectivity index (χ1) is 7.19. The highest BCUT2D eigenvalue weighted by molar-refractivity contribution is 5.76. The van der Waals surface area contributed by atoms with Crippen molar-refractivity contribution in [2.24, 2.45) is 5.92 Å². The summed E-state index contributed by atoms with van der Waals surface area (Å²) in [6.45, 7) is 2.78. The predicted molar refractivity (Wildman–Crippen MR) is 57.6 cm³/mol. The van der Waals surface area contributed by atoms with Gasteiger partial charge in [0.25, 0.3) is 0 Å². The number of hydrogen-bond donors (Lipinski definition) is 1. The van der Waals surface area contributed by atoms with Crippen molar-refractivity contribution in [2.45, 2.75) is 38.3 Å². The highest BCUT2D eigenvalue weighted by Gasteiger charge is 2.37. The van der Waals surface area contributed by atoms with Crippen LogP contribution in [0.4, 0.5) is 0 Å². The third-order valence-corrected chi connectivity index (χ3v) is 2.77. The largest absolute Gasteiger partial charge is 0.468 e. The molecule has 2 atom stereocenters. The van der Waals surface area contributed by atoms with E-state index in [4.69, 9.17) is 9.47 Å². The second-order valence-corrected chi connectivity index (χ2v) is 4.19. The molecule has 1 aliphatic carbocycles. The summed E-state index contributed by atoms with van der Waals surface area (Å²) in [6.07, 6.45) is 3.17. The Bertz CT molecular complexity index is 204. The molecule has 1 saturated carbocycles. The molecule has 0 saturated heterocycles. The van der Waals surface area contributed by atoms with Crippen LogP contribution in [0.2, 0.25) is 0 Å². The molecule has 0 heterocycles. The maximum atomic E-state index is 11.5. The number of methoxy groups -OCH3 is 2. The summed E-state index contributed by atoms with van der Waals surface area (Å²) >= 11 is 0. The van der Waals surface area contributed by atoms with Gasteiger partial charge in [-0.2, -0.15) is 0 Å². The van der Waals surface area contributed by atoms with Crippen molar-refractivity contribution < 1.29 is 14.3 Å². The summed E-state index contributed by atoms with van der Waals surface area (Å²) in [5.74, 6) is 0.337. The normalized spacial score (nSPS) is 19.7. The number of rotatable bonds is 7. The molecule has 4 heteroatoms. The fraction of sp³-hybridized carbons (Fsp3) is 0.909. The zero-order valence-electron chi connectivity index (χ0n) is 9.79. The number of carbonyl (C=O) groups excluding carboxylic acids is 1. The summed E-state index contributed by atoms with van der Waals surface area (Å²) in [5, 5.41) is 3.31. The molecule has 1 aliphatic rings. The number of nitrogens with one attached hydrogen (secondary N) is 1. The standard InChI is InChI=1S/C11H21NO3/c1-8(6-7-14-2)12-10(9-4-5-9)11(13)15-3/h8-10,12H,4-7H2,1-3H3. The number of hydrogen-bond acceptors (Lipinski definition) is 4. The number of carbonyl (C=O) groups is 1. The lowest BCUT2D eigenvalue weighted by Crippen LogP contribution is -2.44. The molecule has 4 nitrogen and oxygen atoms in total. The lowest BCUT2D eigenvalue weighted by molar-refractivity contribution is -0.144. The van der Waals surface area contributed by atoms with Gasteiger partial charge in [-0.15, -0.1) is 0 Å². The smallest absolute Gasteiger partial charge is 0.323 e. The van der Waals surface area contributed by atoms with Crippen molar-refractivity contribution in [3.05, 3.63) is 0 Å². The summed E-state index contributed by atoms with van der Waals surface area (Å²) in [6, 6.07) is 0.163. The zero-order chi connectivity index (χ0) is 11.3. The monoisotopic (exact) mass is 215 g/mol. The van der Waals surface area contributed by atoms with Gasteiger partial charge >= 0.3 is 5.97 Å². The molecule has 0 bridgehead atoms. The van der Waals surface area contributed by atoms with Gasteiger partial charge in [0.1, 0.15) is 6.04 Å². The molecule has 0 aromatic rings. The second-order valence-electron chi connectivity index (χ2n) is 4.19. The molecule has 0 aliphatic heterocycles. The molecule has 1 rings (SSSR count). The average Bonchev–Trinajstić information content (AvgIpc) is 3.05. The van der Waals surface area contributed by atoms with Gasteiger partial charge in [-0.25, -0.2) is 0 Å². The van der Waals surface area contributed by atoms with E-state index in [0.717, 1.165) is 19.3 Å². The van der Waals surface area contributed by atoms with Gasteiger partial charge < -0.3 is 14.8 Å². The Labute approximate surface area is 91.3 Å². The molecule has 1 N–H and O–H groups in total. The molecule has 0 aromatic carbocycles. The Balaban J connectivity index is 2.33. The molecule has 0 amide bonds. The summed E-state index contributed by atoms with van der Waals surface area (Å²) in [4.78, 5) is 11.5. The van der Waals surface area contributed by atoms with E-state index < -0.39 is 0 Å². The van der Waals surface area contributed by atoms with Crippen LogP contribution in [0.3, 0.4) is 0 Å². The molecule has 1 fully saturated rings.